The van der Waals surface area contributed by atoms with Crippen LogP contribution in [0.25, 0.3) is 0 Å². The van der Waals surface area contributed by atoms with E-state index in [-0.39, 0.29) is 0 Å². The van der Waals surface area contributed by atoms with Crippen LogP contribution in [-0.2, 0) is 0 Å². The Morgan fingerprint density at radius 1 is 1.41 bits per heavy atom. The number of halogens is 1. The molecule has 3 heteroatoms. The van der Waals surface area contributed by atoms with Crippen LogP contribution in [0, 0.1) is 12.8 Å². The number of nitrogens with one attached hydrogen (secondary N) is 1. The van der Waals surface area contributed by atoms with Gasteiger partial charge in [-0.1, -0.05) is 33.1 Å². The molecule has 1 rings (SSSR count). The summed E-state index contributed by atoms with van der Waals surface area (Å²) in [5.74, 6) is 1.73. The summed E-state index contributed by atoms with van der Waals surface area (Å²) >= 11 is 3.58. The van der Waals surface area contributed by atoms with E-state index >= 15 is 0 Å². The molecule has 0 fully saturated rings. The molecule has 0 saturated heterocycles. The van der Waals surface area contributed by atoms with Crippen LogP contribution in [0.3, 0.4) is 0 Å². The highest BCUT2D eigenvalue weighted by molar-refractivity contribution is 9.10. The second kappa shape index (κ2) is 7.70. The van der Waals surface area contributed by atoms with Crippen molar-refractivity contribution in [1.29, 1.82) is 0 Å². The quantitative estimate of drug-likeness (QED) is 0.783. The third kappa shape index (κ3) is 4.66. The molecule has 0 saturated carbocycles. The highest BCUT2D eigenvalue weighted by atomic mass is 79.9. The average molecular weight is 299 g/mol. The fraction of sp³-hybridized carbons (Fsp3) is 0.643. The molecule has 1 aromatic heterocycles. The van der Waals surface area contributed by atoms with E-state index in [1.54, 1.807) is 0 Å². The number of unbranched alkanes of at least 4 members (excludes halogenated alkanes) is 1. The molecule has 0 aromatic carbocycles. The standard InChI is InChI=1S/C14H23BrN2/c1-4-6-7-12(5-2)10-17-14-13(15)11(3)8-9-16-14/h8-9,12H,4-7,10H2,1-3H3,(H,16,17). The molecule has 0 bridgehead atoms. The third-order valence-electron chi connectivity index (χ3n) is 3.18. The van der Waals surface area contributed by atoms with Crippen molar-refractivity contribution < 1.29 is 0 Å². The molecule has 2 nitrogen and oxygen atoms in total. The number of hydrogen-bond donors (Lipinski definition) is 1. The SMILES string of the molecule is CCCCC(CC)CNc1nccc(C)c1Br. The van der Waals surface area contributed by atoms with Crippen molar-refractivity contribution in [3.63, 3.8) is 0 Å². The molecule has 0 amide bonds. The predicted molar refractivity (Wildman–Crippen MR) is 78.5 cm³/mol. The van der Waals surface area contributed by atoms with Gasteiger partial charge in [0.2, 0.25) is 0 Å². The number of anilines is 1. The summed E-state index contributed by atoms with van der Waals surface area (Å²) in [6, 6.07) is 2.02. The van der Waals surface area contributed by atoms with Crippen LogP contribution in [0.5, 0.6) is 0 Å². The van der Waals surface area contributed by atoms with Gasteiger partial charge in [0.1, 0.15) is 5.82 Å². The molecular weight excluding hydrogens is 276 g/mol. The Kier molecular flexibility index (Phi) is 6.56. The van der Waals surface area contributed by atoms with Crippen molar-refractivity contribution in [1.82, 2.24) is 4.98 Å². The van der Waals surface area contributed by atoms with Gasteiger partial charge in [-0.05, 0) is 46.8 Å². The lowest BCUT2D eigenvalue weighted by atomic mass is 9.99. The Balaban J connectivity index is 2.50. The molecule has 1 N–H and O–H groups in total. The van der Waals surface area contributed by atoms with Gasteiger partial charge in [-0.3, -0.25) is 0 Å². The first-order valence-electron chi connectivity index (χ1n) is 6.54. The van der Waals surface area contributed by atoms with Crippen LogP contribution in [0.15, 0.2) is 16.7 Å². The largest absolute Gasteiger partial charge is 0.369 e. The first kappa shape index (κ1) is 14.5. The molecule has 1 unspecified atom stereocenters. The number of rotatable bonds is 7. The van der Waals surface area contributed by atoms with Crippen LogP contribution in [-0.4, -0.2) is 11.5 Å². The van der Waals surface area contributed by atoms with Gasteiger partial charge in [0.05, 0.1) is 4.47 Å². The zero-order chi connectivity index (χ0) is 12.7. The van der Waals surface area contributed by atoms with Crippen molar-refractivity contribution in [3.05, 3.63) is 22.3 Å². The van der Waals surface area contributed by atoms with E-state index < -0.39 is 0 Å². The molecular formula is C14H23BrN2. The Hall–Kier alpha value is -0.570. The van der Waals surface area contributed by atoms with Gasteiger partial charge in [-0.15, -0.1) is 0 Å². The molecule has 0 aliphatic heterocycles. The lowest BCUT2D eigenvalue weighted by Crippen LogP contribution is -2.14. The zero-order valence-corrected chi connectivity index (χ0v) is 12.7. The van der Waals surface area contributed by atoms with Crippen molar-refractivity contribution in [2.45, 2.75) is 46.5 Å². The normalized spacial score (nSPS) is 12.5. The lowest BCUT2D eigenvalue weighted by molar-refractivity contribution is 0.472. The van der Waals surface area contributed by atoms with Crippen molar-refractivity contribution >= 4 is 21.7 Å². The van der Waals surface area contributed by atoms with Crippen LogP contribution in [0.2, 0.25) is 0 Å². The maximum absolute atomic E-state index is 4.37. The third-order valence-corrected chi connectivity index (χ3v) is 4.18. The van der Waals surface area contributed by atoms with Crippen LogP contribution >= 0.6 is 15.9 Å². The van der Waals surface area contributed by atoms with Gasteiger partial charge < -0.3 is 5.32 Å². The first-order valence-corrected chi connectivity index (χ1v) is 7.33. The molecule has 96 valence electrons. The summed E-state index contributed by atoms with van der Waals surface area (Å²) in [6.45, 7) is 7.62. The van der Waals surface area contributed by atoms with E-state index in [1.165, 1.54) is 31.2 Å². The van der Waals surface area contributed by atoms with Crippen molar-refractivity contribution in [2.75, 3.05) is 11.9 Å². The summed E-state index contributed by atoms with van der Waals surface area (Å²) in [7, 11) is 0. The number of hydrogen-bond acceptors (Lipinski definition) is 2. The first-order chi connectivity index (χ1) is 8.19. The van der Waals surface area contributed by atoms with Crippen molar-refractivity contribution in [3.8, 4) is 0 Å². The van der Waals surface area contributed by atoms with Gasteiger partial charge in [-0.25, -0.2) is 4.98 Å². The van der Waals surface area contributed by atoms with Gasteiger partial charge in [-0.2, -0.15) is 0 Å². The highest BCUT2D eigenvalue weighted by Crippen LogP contribution is 2.24. The lowest BCUT2D eigenvalue weighted by Gasteiger charge is -2.16. The average Bonchev–Trinajstić information content (AvgIpc) is 2.34. The fourth-order valence-electron chi connectivity index (χ4n) is 1.85. The van der Waals surface area contributed by atoms with E-state index in [0.717, 1.165) is 22.8 Å². The summed E-state index contributed by atoms with van der Waals surface area (Å²) in [4.78, 5) is 4.37. The van der Waals surface area contributed by atoms with Gasteiger partial charge >= 0.3 is 0 Å². The van der Waals surface area contributed by atoms with Gasteiger partial charge in [0, 0.05) is 12.7 Å². The molecule has 1 aromatic rings. The molecule has 0 aliphatic rings. The summed E-state index contributed by atoms with van der Waals surface area (Å²) in [6.07, 6.45) is 7.00. The Morgan fingerprint density at radius 2 is 2.18 bits per heavy atom. The summed E-state index contributed by atoms with van der Waals surface area (Å²) in [5.41, 5.74) is 1.23. The van der Waals surface area contributed by atoms with E-state index in [2.05, 4.69) is 47.0 Å². The van der Waals surface area contributed by atoms with Crippen LogP contribution in [0.1, 0.15) is 45.1 Å². The predicted octanol–water partition coefficient (Wildman–Crippen LogP) is 4.78. The van der Waals surface area contributed by atoms with Crippen molar-refractivity contribution in [2.24, 2.45) is 5.92 Å². The topological polar surface area (TPSA) is 24.9 Å². The van der Waals surface area contributed by atoms with Gasteiger partial charge in [0.25, 0.3) is 0 Å². The Bertz CT molecular complexity index is 339. The molecule has 0 radical (unpaired) electrons. The molecule has 1 heterocycles. The number of aryl methyl sites for hydroxylation is 1. The van der Waals surface area contributed by atoms with E-state index in [4.69, 9.17) is 0 Å². The minimum absolute atomic E-state index is 0.754. The second-order valence-electron chi connectivity index (χ2n) is 4.59. The van der Waals surface area contributed by atoms with E-state index in [1.807, 2.05) is 12.3 Å². The van der Waals surface area contributed by atoms with Crippen LogP contribution in [0.4, 0.5) is 5.82 Å². The van der Waals surface area contributed by atoms with Crippen LogP contribution < -0.4 is 5.32 Å². The summed E-state index contributed by atoms with van der Waals surface area (Å²) in [5, 5.41) is 3.46. The molecule has 0 aliphatic carbocycles. The highest BCUT2D eigenvalue weighted by Gasteiger charge is 2.08. The second-order valence-corrected chi connectivity index (χ2v) is 5.38. The maximum Gasteiger partial charge on any atom is 0.140 e. The van der Waals surface area contributed by atoms with E-state index in [9.17, 15) is 0 Å². The number of aromatic nitrogens is 1. The molecule has 1 atom stereocenters. The number of pyridine rings is 1. The smallest absolute Gasteiger partial charge is 0.140 e. The Labute approximate surface area is 113 Å². The number of nitrogens with zero attached hydrogens (tertiary/aromatic N) is 1. The molecule has 0 spiro atoms. The molecule has 17 heavy (non-hydrogen) atoms. The zero-order valence-electron chi connectivity index (χ0n) is 11.1. The minimum Gasteiger partial charge on any atom is -0.369 e. The van der Waals surface area contributed by atoms with E-state index in [0.29, 0.717) is 0 Å². The summed E-state index contributed by atoms with van der Waals surface area (Å²) < 4.78 is 1.09. The fourth-order valence-corrected chi connectivity index (χ4v) is 2.22. The van der Waals surface area contributed by atoms with Gasteiger partial charge in [0.15, 0.2) is 0 Å². The maximum atomic E-state index is 4.37. The Morgan fingerprint density at radius 3 is 2.82 bits per heavy atom. The monoisotopic (exact) mass is 298 g/mol. The minimum atomic E-state index is 0.754.